The Hall–Kier alpha value is -1.98. The molecule has 2 heterocycles. The molecular formula is C14H22N4O2. The molecule has 0 spiro atoms. The molecule has 110 valence electrons. The first-order valence-electron chi connectivity index (χ1n) is 6.78. The molecule has 1 aliphatic rings. The smallest absolute Gasteiger partial charge is 0.344 e. The van der Waals surface area contributed by atoms with E-state index in [4.69, 9.17) is 4.74 Å². The lowest BCUT2D eigenvalue weighted by Crippen LogP contribution is -2.50. The van der Waals surface area contributed by atoms with Gasteiger partial charge in [0.15, 0.2) is 5.88 Å². The molecule has 0 aromatic carbocycles. The van der Waals surface area contributed by atoms with Crippen molar-refractivity contribution in [3.05, 3.63) is 30.9 Å². The summed E-state index contributed by atoms with van der Waals surface area (Å²) < 4.78 is 7.11. The highest BCUT2D eigenvalue weighted by Crippen LogP contribution is 2.17. The lowest BCUT2D eigenvalue weighted by atomic mass is 10.2. The van der Waals surface area contributed by atoms with Crippen molar-refractivity contribution in [2.24, 2.45) is 0 Å². The number of hydrogen-bond donors (Lipinski definition) is 0. The Bertz CT molecular complexity index is 468. The van der Waals surface area contributed by atoms with Crippen LogP contribution in [-0.2, 0) is 4.74 Å². The SMILES string of the molecule is C=C(OC(C)(C)C)N1CCN(C(=O)n2cccn2)CC1. The molecule has 0 saturated carbocycles. The Morgan fingerprint density at radius 3 is 2.30 bits per heavy atom. The Morgan fingerprint density at radius 2 is 1.80 bits per heavy atom. The van der Waals surface area contributed by atoms with Crippen LogP contribution >= 0.6 is 0 Å². The normalized spacial score (nSPS) is 16.1. The number of carbonyl (C=O) groups excluding carboxylic acids is 1. The molecule has 1 aromatic heterocycles. The summed E-state index contributed by atoms with van der Waals surface area (Å²) in [7, 11) is 0. The van der Waals surface area contributed by atoms with Crippen molar-refractivity contribution < 1.29 is 9.53 Å². The molecule has 0 bridgehead atoms. The maximum absolute atomic E-state index is 12.1. The van der Waals surface area contributed by atoms with E-state index in [1.54, 1.807) is 23.4 Å². The highest BCUT2D eigenvalue weighted by Gasteiger charge is 2.25. The second kappa shape index (κ2) is 5.56. The number of aromatic nitrogens is 2. The van der Waals surface area contributed by atoms with Gasteiger partial charge in [0.1, 0.15) is 5.60 Å². The molecule has 6 nitrogen and oxygen atoms in total. The standard InChI is InChI=1S/C14H22N4O2/c1-12(20-14(2,3)4)16-8-10-17(11-9-16)13(19)18-7-5-6-15-18/h5-7H,1,8-11H2,2-4H3. The molecule has 0 radical (unpaired) electrons. The summed E-state index contributed by atoms with van der Waals surface area (Å²) in [5, 5.41) is 3.96. The van der Waals surface area contributed by atoms with E-state index >= 15 is 0 Å². The van der Waals surface area contributed by atoms with E-state index in [1.165, 1.54) is 4.68 Å². The van der Waals surface area contributed by atoms with Gasteiger partial charge in [0.2, 0.25) is 0 Å². The molecule has 20 heavy (non-hydrogen) atoms. The molecule has 1 aliphatic heterocycles. The Morgan fingerprint density at radius 1 is 1.20 bits per heavy atom. The van der Waals surface area contributed by atoms with Crippen molar-refractivity contribution in [1.29, 1.82) is 0 Å². The van der Waals surface area contributed by atoms with E-state index in [1.807, 2.05) is 20.8 Å². The van der Waals surface area contributed by atoms with Gasteiger partial charge in [0.25, 0.3) is 0 Å². The van der Waals surface area contributed by atoms with Crippen molar-refractivity contribution in [3.8, 4) is 0 Å². The average Bonchev–Trinajstić information content (AvgIpc) is 2.90. The second-order valence-electron chi connectivity index (χ2n) is 5.82. The zero-order chi connectivity index (χ0) is 14.8. The van der Waals surface area contributed by atoms with Gasteiger partial charge in [-0.1, -0.05) is 0 Å². The van der Waals surface area contributed by atoms with E-state index < -0.39 is 0 Å². The lowest BCUT2D eigenvalue weighted by Gasteiger charge is -2.38. The van der Waals surface area contributed by atoms with Gasteiger partial charge in [0.05, 0.1) is 0 Å². The number of nitrogens with zero attached hydrogens (tertiary/aromatic N) is 4. The first-order chi connectivity index (χ1) is 9.37. The van der Waals surface area contributed by atoms with Gasteiger partial charge in [-0.25, -0.2) is 4.79 Å². The maximum Gasteiger partial charge on any atom is 0.344 e. The first kappa shape index (κ1) is 14.4. The predicted octanol–water partition coefficient (Wildman–Crippen LogP) is 1.76. The van der Waals surface area contributed by atoms with E-state index in [0.29, 0.717) is 19.0 Å². The van der Waals surface area contributed by atoms with Gasteiger partial charge in [0, 0.05) is 38.6 Å². The van der Waals surface area contributed by atoms with Gasteiger partial charge in [-0.3, -0.25) is 0 Å². The van der Waals surface area contributed by atoms with Crippen LogP contribution < -0.4 is 0 Å². The number of rotatable bonds is 2. The summed E-state index contributed by atoms with van der Waals surface area (Å²) in [6.45, 7) is 12.7. The fourth-order valence-electron chi connectivity index (χ4n) is 2.09. The van der Waals surface area contributed by atoms with E-state index in [0.717, 1.165) is 13.1 Å². The van der Waals surface area contributed by atoms with Gasteiger partial charge >= 0.3 is 6.03 Å². The topological polar surface area (TPSA) is 50.6 Å². The number of ether oxygens (including phenoxy) is 1. The van der Waals surface area contributed by atoms with Crippen LogP contribution in [0.4, 0.5) is 4.79 Å². The van der Waals surface area contributed by atoms with Gasteiger partial charge in [-0.2, -0.15) is 9.78 Å². The minimum absolute atomic E-state index is 0.0861. The Balaban J connectivity index is 1.86. The highest BCUT2D eigenvalue weighted by molar-refractivity contribution is 5.75. The molecule has 1 aromatic rings. The largest absolute Gasteiger partial charge is 0.474 e. The van der Waals surface area contributed by atoms with Crippen molar-refractivity contribution in [3.63, 3.8) is 0 Å². The molecule has 0 N–H and O–H groups in total. The van der Waals surface area contributed by atoms with Crippen LogP contribution in [0.1, 0.15) is 20.8 Å². The lowest BCUT2D eigenvalue weighted by molar-refractivity contribution is -0.00668. The summed E-state index contributed by atoms with van der Waals surface area (Å²) in [5.74, 6) is 0.670. The minimum atomic E-state index is -0.251. The molecule has 2 rings (SSSR count). The van der Waals surface area contributed by atoms with E-state index in [9.17, 15) is 4.79 Å². The Kier molecular flexibility index (Phi) is 4.01. The van der Waals surface area contributed by atoms with Crippen molar-refractivity contribution in [2.75, 3.05) is 26.2 Å². The van der Waals surface area contributed by atoms with Crippen LogP contribution in [0.3, 0.4) is 0 Å². The molecule has 0 unspecified atom stereocenters. The highest BCUT2D eigenvalue weighted by atomic mass is 16.5. The fourth-order valence-corrected chi connectivity index (χ4v) is 2.09. The first-order valence-corrected chi connectivity index (χ1v) is 6.78. The summed E-state index contributed by atoms with van der Waals surface area (Å²) in [5.41, 5.74) is -0.251. The molecular weight excluding hydrogens is 256 g/mol. The molecule has 0 atom stereocenters. The summed E-state index contributed by atoms with van der Waals surface area (Å²) >= 11 is 0. The van der Waals surface area contributed by atoms with Crippen LogP contribution in [-0.4, -0.2) is 57.4 Å². The fraction of sp³-hybridized carbons (Fsp3) is 0.571. The molecule has 1 fully saturated rings. The van der Waals surface area contributed by atoms with Gasteiger partial charge in [-0.15, -0.1) is 0 Å². The number of hydrogen-bond acceptors (Lipinski definition) is 4. The zero-order valence-electron chi connectivity index (χ0n) is 12.4. The van der Waals surface area contributed by atoms with Gasteiger partial charge in [-0.05, 0) is 33.4 Å². The molecule has 0 aliphatic carbocycles. The zero-order valence-corrected chi connectivity index (χ0v) is 12.4. The monoisotopic (exact) mass is 278 g/mol. The maximum atomic E-state index is 12.1. The van der Waals surface area contributed by atoms with Crippen molar-refractivity contribution in [1.82, 2.24) is 19.6 Å². The van der Waals surface area contributed by atoms with Crippen LogP contribution in [0.2, 0.25) is 0 Å². The number of carbonyl (C=O) groups is 1. The second-order valence-corrected chi connectivity index (χ2v) is 5.82. The molecule has 6 heteroatoms. The van der Waals surface area contributed by atoms with Crippen molar-refractivity contribution in [2.45, 2.75) is 26.4 Å². The van der Waals surface area contributed by atoms with E-state index in [2.05, 4.69) is 16.6 Å². The predicted molar refractivity (Wildman–Crippen MR) is 76.1 cm³/mol. The third kappa shape index (κ3) is 3.53. The Labute approximate surface area is 119 Å². The van der Waals surface area contributed by atoms with Crippen LogP contribution in [0.25, 0.3) is 0 Å². The molecule has 1 saturated heterocycles. The van der Waals surface area contributed by atoms with Gasteiger partial charge < -0.3 is 14.5 Å². The molecule has 1 amide bonds. The quantitative estimate of drug-likeness (QED) is 0.773. The average molecular weight is 278 g/mol. The third-order valence-electron chi connectivity index (χ3n) is 3.03. The van der Waals surface area contributed by atoms with Crippen LogP contribution in [0, 0.1) is 0 Å². The van der Waals surface area contributed by atoms with E-state index in [-0.39, 0.29) is 11.6 Å². The number of piperazine rings is 1. The summed E-state index contributed by atoms with van der Waals surface area (Å²) in [6, 6.07) is 1.66. The van der Waals surface area contributed by atoms with Crippen LogP contribution in [0.15, 0.2) is 30.9 Å². The number of amides is 1. The van der Waals surface area contributed by atoms with Crippen LogP contribution in [0.5, 0.6) is 0 Å². The summed E-state index contributed by atoms with van der Waals surface area (Å²) in [4.78, 5) is 16.0. The summed E-state index contributed by atoms with van der Waals surface area (Å²) in [6.07, 6.45) is 3.27. The van der Waals surface area contributed by atoms with Crippen molar-refractivity contribution >= 4 is 6.03 Å². The minimum Gasteiger partial charge on any atom is -0.474 e. The third-order valence-corrected chi connectivity index (χ3v) is 3.03.